The van der Waals surface area contributed by atoms with Crippen LogP contribution in [0.4, 0.5) is 0 Å². The number of hydrogen-bond acceptors (Lipinski definition) is 2. The van der Waals surface area contributed by atoms with Gasteiger partial charge in [-0.2, -0.15) is 5.26 Å². The summed E-state index contributed by atoms with van der Waals surface area (Å²) >= 11 is 0. The molecule has 0 atom stereocenters. The van der Waals surface area contributed by atoms with Crippen LogP contribution in [-0.2, 0) is 0 Å². The zero-order valence-corrected chi connectivity index (χ0v) is 26.2. The molecular weight excluding hydrogens is 581 g/mol. The summed E-state index contributed by atoms with van der Waals surface area (Å²) in [5, 5.41) is 11.6. The van der Waals surface area contributed by atoms with Crippen molar-refractivity contribution in [1.29, 1.82) is 5.26 Å². The van der Waals surface area contributed by atoms with Crippen LogP contribution < -0.4 is 0 Å². The van der Waals surface area contributed by atoms with E-state index in [2.05, 4.69) is 158 Å². The zero-order valence-electron chi connectivity index (χ0n) is 26.2. The monoisotopic (exact) mass is 610 g/mol. The van der Waals surface area contributed by atoms with Crippen LogP contribution in [0, 0.1) is 11.3 Å². The number of benzene rings is 7. The second kappa shape index (κ2) is 12.7. The lowest BCUT2D eigenvalue weighted by Gasteiger charge is -2.14. The van der Waals surface area contributed by atoms with Gasteiger partial charge in [0.05, 0.1) is 23.0 Å². The number of aromatic nitrogens is 1. The standard InChI is InChI=1S/C46H30N2/c47-31-32-18-20-34(21-19-32)35-22-24-36(25-23-35)41-26-27-42(44-17-8-7-16-43(41)44)38-14-9-15-39(28-38)46-30-40(33-10-3-1-4-11-33)29-45(48-46)37-12-5-2-6-13-37/h1-30H. The molecule has 0 bridgehead atoms. The first-order chi connectivity index (χ1) is 23.7. The largest absolute Gasteiger partial charge is 0.248 e. The summed E-state index contributed by atoms with van der Waals surface area (Å²) in [7, 11) is 0. The van der Waals surface area contributed by atoms with E-state index in [1.807, 2.05) is 30.3 Å². The Morgan fingerprint density at radius 2 is 0.792 bits per heavy atom. The molecule has 7 aromatic carbocycles. The van der Waals surface area contributed by atoms with Crippen LogP contribution in [-0.4, -0.2) is 4.98 Å². The fraction of sp³-hybridized carbons (Fsp3) is 0. The topological polar surface area (TPSA) is 36.7 Å². The molecule has 1 aromatic heterocycles. The van der Waals surface area contributed by atoms with E-state index >= 15 is 0 Å². The first kappa shape index (κ1) is 28.9. The minimum atomic E-state index is 0.668. The van der Waals surface area contributed by atoms with E-state index in [0.29, 0.717) is 5.56 Å². The highest BCUT2D eigenvalue weighted by Crippen LogP contribution is 2.38. The molecule has 48 heavy (non-hydrogen) atoms. The van der Waals surface area contributed by atoms with Crippen molar-refractivity contribution in [1.82, 2.24) is 4.98 Å². The summed E-state index contributed by atoms with van der Waals surface area (Å²) in [5.74, 6) is 0. The highest BCUT2D eigenvalue weighted by Gasteiger charge is 2.13. The molecule has 0 spiro atoms. The first-order valence-electron chi connectivity index (χ1n) is 16.1. The van der Waals surface area contributed by atoms with Gasteiger partial charge in [0.2, 0.25) is 0 Å². The van der Waals surface area contributed by atoms with Gasteiger partial charge in [-0.3, -0.25) is 0 Å². The van der Waals surface area contributed by atoms with Crippen molar-refractivity contribution in [3.8, 4) is 73.1 Å². The molecular formula is C46H30N2. The van der Waals surface area contributed by atoms with Gasteiger partial charge >= 0.3 is 0 Å². The fourth-order valence-electron chi connectivity index (χ4n) is 6.46. The van der Waals surface area contributed by atoms with Gasteiger partial charge in [-0.25, -0.2) is 4.98 Å². The average Bonchev–Trinajstić information content (AvgIpc) is 3.18. The molecule has 0 aliphatic carbocycles. The molecule has 2 nitrogen and oxygen atoms in total. The molecule has 0 radical (unpaired) electrons. The van der Waals surface area contributed by atoms with Gasteiger partial charge in [0.15, 0.2) is 0 Å². The van der Waals surface area contributed by atoms with Crippen molar-refractivity contribution >= 4 is 10.8 Å². The average molecular weight is 611 g/mol. The number of hydrogen-bond donors (Lipinski definition) is 0. The molecule has 0 aliphatic heterocycles. The predicted molar refractivity (Wildman–Crippen MR) is 199 cm³/mol. The van der Waals surface area contributed by atoms with Crippen molar-refractivity contribution in [3.63, 3.8) is 0 Å². The highest BCUT2D eigenvalue weighted by molar-refractivity contribution is 6.05. The molecule has 224 valence electrons. The molecule has 1 heterocycles. The number of nitrogens with zero attached hydrogens (tertiary/aromatic N) is 2. The van der Waals surface area contributed by atoms with E-state index in [1.54, 1.807) is 0 Å². The Hall–Kier alpha value is -6.56. The smallest absolute Gasteiger partial charge is 0.0991 e. The van der Waals surface area contributed by atoms with Crippen molar-refractivity contribution in [2.45, 2.75) is 0 Å². The summed E-state index contributed by atoms with van der Waals surface area (Å²) in [6.07, 6.45) is 0. The summed E-state index contributed by atoms with van der Waals surface area (Å²) in [6, 6.07) is 65.8. The number of fused-ring (bicyclic) bond motifs is 1. The van der Waals surface area contributed by atoms with Crippen LogP contribution >= 0.6 is 0 Å². The van der Waals surface area contributed by atoms with Crippen LogP contribution in [0.1, 0.15) is 5.56 Å². The first-order valence-corrected chi connectivity index (χ1v) is 16.1. The van der Waals surface area contributed by atoms with E-state index in [9.17, 15) is 0 Å². The molecule has 8 aromatic rings. The van der Waals surface area contributed by atoms with Gasteiger partial charge in [0.25, 0.3) is 0 Å². The second-order valence-corrected chi connectivity index (χ2v) is 11.9. The molecule has 0 N–H and O–H groups in total. The quantitative estimate of drug-likeness (QED) is 0.188. The van der Waals surface area contributed by atoms with Gasteiger partial charge in [0, 0.05) is 11.1 Å². The van der Waals surface area contributed by atoms with Crippen LogP contribution in [0.5, 0.6) is 0 Å². The molecule has 0 saturated heterocycles. The third-order valence-corrected chi connectivity index (χ3v) is 8.94. The lowest BCUT2D eigenvalue weighted by Crippen LogP contribution is -1.92. The fourth-order valence-corrected chi connectivity index (χ4v) is 6.46. The van der Waals surface area contributed by atoms with Gasteiger partial charge in [0.1, 0.15) is 0 Å². The predicted octanol–water partition coefficient (Wildman–Crippen LogP) is 12.1. The SMILES string of the molecule is N#Cc1ccc(-c2ccc(-c3ccc(-c4cccc(-c5cc(-c6ccccc6)cc(-c6ccccc6)n5)c4)c4ccccc34)cc2)cc1. The summed E-state index contributed by atoms with van der Waals surface area (Å²) in [4.78, 5) is 5.17. The zero-order chi connectivity index (χ0) is 32.3. The maximum absolute atomic E-state index is 9.15. The van der Waals surface area contributed by atoms with Gasteiger partial charge in [-0.15, -0.1) is 0 Å². The van der Waals surface area contributed by atoms with E-state index in [1.165, 1.54) is 33.0 Å². The van der Waals surface area contributed by atoms with Crippen molar-refractivity contribution < 1.29 is 0 Å². The minimum Gasteiger partial charge on any atom is -0.248 e. The Kier molecular flexibility index (Phi) is 7.63. The Morgan fingerprint density at radius 3 is 1.42 bits per heavy atom. The number of pyridine rings is 1. The normalized spacial score (nSPS) is 10.9. The summed E-state index contributed by atoms with van der Waals surface area (Å²) < 4.78 is 0. The van der Waals surface area contributed by atoms with Crippen molar-refractivity contribution in [3.05, 3.63) is 188 Å². The van der Waals surface area contributed by atoms with Crippen molar-refractivity contribution in [2.24, 2.45) is 0 Å². The molecule has 0 saturated carbocycles. The molecule has 0 amide bonds. The Morgan fingerprint density at radius 1 is 0.333 bits per heavy atom. The summed E-state index contributed by atoms with van der Waals surface area (Å²) in [5.41, 5.74) is 14.0. The van der Waals surface area contributed by atoms with Crippen LogP contribution in [0.25, 0.3) is 77.8 Å². The van der Waals surface area contributed by atoms with Crippen LogP contribution in [0.15, 0.2) is 182 Å². The van der Waals surface area contributed by atoms with E-state index in [0.717, 1.165) is 44.8 Å². The number of nitriles is 1. The summed E-state index contributed by atoms with van der Waals surface area (Å²) in [6.45, 7) is 0. The van der Waals surface area contributed by atoms with E-state index in [-0.39, 0.29) is 0 Å². The Balaban J connectivity index is 1.19. The van der Waals surface area contributed by atoms with E-state index in [4.69, 9.17) is 10.2 Å². The molecule has 0 aliphatic rings. The highest BCUT2D eigenvalue weighted by atomic mass is 14.7. The van der Waals surface area contributed by atoms with Gasteiger partial charge in [-0.05, 0) is 85.6 Å². The molecule has 0 fully saturated rings. The lowest BCUT2D eigenvalue weighted by molar-refractivity contribution is 1.32. The maximum atomic E-state index is 9.15. The Bertz CT molecular complexity index is 2360. The van der Waals surface area contributed by atoms with Gasteiger partial charge < -0.3 is 0 Å². The third-order valence-electron chi connectivity index (χ3n) is 8.94. The van der Waals surface area contributed by atoms with Crippen LogP contribution in [0.2, 0.25) is 0 Å². The lowest BCUT2D eigenvalue weighted by atomic mass is 9.90. The molecule has 8 rings (SSSR count). The molecule has 2 heteroatoms. The van der Waals surface area contributed by atoms with Gasteiger partial charge in [-0.1, -0.05) is 152 Å². The second-order valence-electron chi connectivity index (χ2n) is 11.9. The Labute approximate surface area is 280 Å². The van der Waals surface area contributed by atoms with Crippen LogP contribution in [0.3, 0.4) is 0 Å². The van der Waals surface area contributed by atoms with E-state index < -0.39 is 0 Å². The molecule has 0 unspecified atom stereocenters. The maximum Gasteiger partial charge on any atom is 0.0991 e. The number of rotatable bonds is 6. The third kappa shape index (κ3) is 5.66. The van der Waals surface area contributed by atoms with Crippen molar-refractivity contribution in [2.75, 3.05) is 0 Å². The minimum absolute atomic E-state index is 0.668.